The van der Waals surface area contributed by atoms with E-state index in [4.69, 9.17) is 4.74 Å². The van der Waals surface area contributed by atoms with E-state index in [0.717, 1.165) is 23.6 Å². The van der Waals surface area contributed by atoms with Gasteiger partial charge in [-0.15, -0.1) is 0 Å². The third-order valence-electron chi connectivity index (χ3n) is 3.59. The number of aliphatic imine (C=N–C) groups is 1. The van der Waals surface area contributed by atoms with Crippen LogP contribution in [-0.4, -0.2) is 29.5 Å². The lowest BCUT2D eigenvalue weighted by atomic mass is 9.97. The number of hydrogen-bond acceptors (Lipinski definition) is 4. The summed E-state index contributed by atoms with van der Waals surface area (Å²) in [5.41, 5.74) is 1.71. The Morgan fingerprint density at radius 3 is 3.05 bits per heavy atom. The molecule has 1 aromatic rings. The van der Waals surface area contributed by atoms with Crippen LogP contribution in [0.2, 0.25) is 0 Å². The van der Waals surface area contributed by atoms with Gasteiger partial charge in [0.15, 0.2) is 5.17 Å². The Morgan fingerprint density at radius 1 is 1.47 bits per heavy atom. The first-order chi connectivity index (χ1) is 9.16. The number of rotatable bonds is 1. The van der Waals surface area contributed by atoms with Crippen LogP contribution in [0.4, 0.5) is 0 Å². The first kappa shape index (κ1) is 12.5. The summed E-state index contributed by atoms with van der Waals surface area (Å²) in [5, 5.41) is 3.56. The molecule has 2 atom stereocenters. The number of carbonyl (C=O) groups is 1. The van der Waals surface area contributed by atoms with E-state index in [9.17, 15) is 4.79 Å². The van der Waals surface area contributed by atoms with Gasteiger partial charge in [-0.2, -0.15) is 0 Å². The quantitative estimate of drug-likeness (QED) is 0.857. The Hall–Kier alpha value is -1.49. The number of amidine groups is 1. The number of benzene rings is 1. The molecule has 0 aliphatic carbocycles. The van der Waals surface area contributed by atoms with Crippen molar-refractivity contribution >= 4 is 22.8 Å². The summed E-state index contributed by atoms with van der Waals surface area (Å²) in [4.78, 5) is 16.5. The van der Waals surface area contributed by atoms with Gasteiger partial charge in [-0.05, 0) is 13.0 Å². The van der Waals surface area contributed by atoms with E-state index >= 15 is 0 Å². The second-order valence-electron chi connectivity index (χ2n) is 4.83. The fourth-order valence-corrected chi connectivity index (χ4v) is 3.06. The molecule has 0 saturated heterocycles. The predicted molar refractivity (Wildman–Crippen MR) is 77.2 cm³/mol. The smallest absolute Gasteiger partial charge is 0.260 e. The van der Waals surface area contributed by atoms with Crippen LogP contribution in [0, 0.1) is 0 Å². The molecule has 0 aromatic heterocycles. The maximum absolute atomic E-state index is 12.3. The lowest BCUT2D eigenvalue weighted by molar-refractivity contribution is 0.0973. The first-order valence-electron chi connectivity index (χ1n) is 6.45. The summed E-state index contributed by atoms with van der Waals surface area (Å²) >= 11 is 1.58. The summed E-state index contributed by atoms with van der Waals surface area (Å²) in [6, 6.07) is 5.75. The zero-order valence-electron chi connectivity index (χ0n) is 11.0. The molecule has 0 unspecified atom stereocenters. The molecule has 1 N–H and O–H groups in total. The second kappa shape index (κ2) is 4.89. The largest absolute Gasteiger partial charge is 0.489 e. The average Bonchev–Trinajstić information content (AvgIpc) is 2.99. The minimum atomic E-state index is -0.133. The van der Waals surface area contributed by atoms with Gasteiger partial charge in [0.1, 0.15) is 11.9 Å². The number of ether oxygens (including phenoxy) is 1. The Kier molecular flexibility index (Phi) is 3.22. The Morgan fingerprint density at radius 2 is 2.32 bits per heavy atom. The highest BCUT2D eigenvalue weighted by molar-refractivity contribution is 8.14. The number of carbonyl (C=O) groups excluding carboxylic acids is 1. The highest BCUT2D eigenvalue weighted by atomic mass is 32.2. The van der Waals surface area contributed by atoms with Gasteiger partial charge in [0, 0.05) is 17.2 Å². The lowest BCUT2D eigenvalue weighted by Gasteiger charge is -2.09. The van der Waals surface area contributed by atoms with E-state index < -0.39 is 0 Å². The van der Waals surface area contributed by atoms with Gasteiger partial charge >= 0.3 is 0 Å². The zero-order valence-corrected chi connectivity index (χ0v) is 11.8. The van der Waals surface area contributed by atoms with Crippen molar-refractivity contribution in [1.82, 2.24) is 5.32 Å². The molecule has 2 heterocycles. The minimum Gasteiger partial charge on any atom is -0.489 e. The zero-order chi connectivity index (χ0) is 13.4. The maximum Gasteiger partial charge on any atom is 0.260 e. The summed E-state index contributed by atoms with van der Waals surface area (Å²) in [5.74, 6) is 1.85. The van der Waals surface area contributed by atoms with Crippen molar-refractivity contribution in [1.29, 1.82) is 0 Å². The van der Waals surface area contributed by atoms with Crippen molar-refractivity contribution in [3.05, 3.63) is 29.3 Å². The van der Waals surface area contributed by atoms with Crippen LogP contribution < -0.4 is 10.1 Å². The molecule has 0 spiro atoms. The molecule has 0 radical (unpaired) electrons. The fraction of sp³-hybridized carbons (Fsp3) is 0.429. The van der Waals surface area contributed by atoms with Crippen molar-refractivity contribution < 1.29 is 9.53 Å². The molecule has 19 heavy (non-hydrogen) atoms. The van der Waals surface area contributed by atoms with Crippen LogP contribution in [0.25, 0.3) is 0 Å². The van der Waals surface area contributed by atoms with Crippen LogP contribution in [0.15, 0.2) is 23.2 Å². The number of nitrogens with zero attached hydrogens (tertiary/aromatic N) is 1. The molecule has 0 bridgehead atoms. The molecule has 2 aliphatic rings. The average molecular weight is 276 g/mol. The van der Waals surface area contributed by atoms with Crippen LogP contribution in [0.5, 0.6) is 5.75 Å². The monoisotopic (exact) mass is 276 g/mol. The number of amides is 1. The number of thioether (sulfide) groups is 1. The van der Waals surface area contributed by atoms with Gasteiger partial charge in [-0.1, -0.05) is 30.8 Å². The van der Waals surface area contributed by atoms with Gasteiger partial charge in [-0.25, -0.2) is 0 Å². The van der Waals surface area contributed by atoms with Crippen molar-refractivity contribution in [2.45, 2.75) is 25.9 Å². The Balaban J connectivity index is 1.88. The normalized spacial score (nSPS) is 24.6. The van der Waals surface area contributed by atoms with Crippen LogP contribution in [0.1, 0.15) is 35.7 Å². The molecule has 1 amide bonds. The number of hydrogen-bond donors (Lipinski definition) is 1. The number of nitrogens with one attached hydrogen (secondary N) is 1. The number of para-hydroxylation sites is 1. The van der Waals surface area contributed by atoms with E-state index in [0.29, 0.717) is 16.6 Å². The van der Waals surface area contributed by atoms with Crippen LogP contribution in [0.3, 0.4) is 0 Å². The Bertz CT molecular complexity index is 556. The molecular formula is C14H16N2O2S. The van der Waals surface area contributed by atoms with Crippen LogP contribution in [-0.2, 0) is 0 Å². The predicted octanol–water partition coefficient (Wildman–Crippen LogP) is 2.40. The third-order valence-corrected chi connectivity index (χ3v) is 4.49. The molecule has 100 valence electrons. The van der Waals surface area contributed by atoms with Gasteiger partial charge < -0.3 is 10.1 Å². The van der Waals surface area contributed by atoms with Gasteiger partial charge in [0.2, 0.25) is 0 Å². The molecule has 1 aromatic carbocycles. The molecule has 5 heteroatoms. The lowest BCUT2D eigenvalue weighted by Crippen LogP contribution is -2.27. The molecule has 4 nitrogen and oxygen atoms in total. The number of fused-ring (bicyclic) bond motifs is 1. The van der Waals surface area contributed by atoms with Gasteiger partial charge in [0.25, 0.3) is 5.91 Å². The van der Waals surface area contributed by atoms with E-state index in [1.165, 1.54) is 0 Å². The topological polar surface area (TPSA) is 50.7 Å². The van der Waals surface area contributed by atoms with Crippen molar-refractivity contribution in [3.8, 4) is 5.75 Å². The maximum atomic E-state index is 12.3. The molecule has 2 aliphatic heterocycles. The summed E-state index contributed by atoms with van der Waals surface area (Å²) in [6.45, 7) is 4.93. The van der Waals surface area contributed by atoms with E-state index in [1.54, 1.807) is 17.8 Å². The third kappa shape index (κ3) is 2.23. The first-order valence-corrected chi connectivity index (χ1v) is 7.43. The van der Waals surface area contributed by atoms with E-state index in [2.05, 4.69) is 17.2 Å². The molecule has 0 saturated carbocycles. The fourth-order valence-electron chi connectivity index (χ4n) is 2.34. The van der Waals surface area contributed by atoms with E-state index in [-0.39, 0.29) is 12.0 Å². The Labute approximate surface area is 116 Å². The summed E-state index contributed by atoms with van der Waals surface area (Å²) in [7, 11) is 0. The minimum absolute atomic E-state index is 0.113. The van der Waals surface area contributed by atoms with Crippen molar-refractivity contribution in [2.75, 3.05) is 12.3 Å². The van der Waals surface area contributed by atoms with Crippen molar-refractivity contribution in [2.24, 2.45) is 4.99 Å². The van der Waals surface area contributed by atoms with Crippen LogP contribution >= 0.6 is 11.8 Å². The second-order valence-corrected chi connectivity index (χ2v) is 5.91. The molecular weight excluding hydrogens is 260 g/mol. The van der Waals surface area contributed by atoms with Gasteiger partial charge in [0.05, 0.1) is 12.1 Å². The highest BCUT2D eigenvalue weighted by Crippen LogP contribution is 2.40. The SMILES string of the molecule is C[C@H]1Oc2c(C(=O)NC3=NCCS3)cccc2[C@@H]1C. The standard InChI is InChI=1S/C14H16N2O2S/c1-8-9(2)18-12-10(8)4-3-5-11(12)13(17)16-14-15-6-7-19-14/h3-5,8-9H,6-7H2,1-2H3,(H,15,16,17)/t8-,9-/m1/s1. The van der Waals surface area contributed by atoms with E-state index in [1.807, 2.05) is 19.1 Å². The van der Waals surface area contributed by atoms with Crippen molar-refractivity contribution in [3.63, 3.8) is 0 Å². The molecule has 0 fully saturated rings. The summed E-state index contributed by atoms with van der Waals surface area (Å²) < 4.78 is 5.83. The van der Waals surface area contributed by atoms with Gasteiger partial charge in [-0.3, -0.25) is 9.79 Å². The highest BCUT2D eigenvalue weighted by Gasteiger charge is 2.31. The summed E-state index contributed by atoms with van der Waals surface area (Å²) in [6.07, 6.45) is 0.113. The molecule has 3 rings (SSSR count).